The van der Waals surface area contributed by atoms with Gasteiger partial charge in [-0.25, -0.2) is 4.98 Å². The first-order valence-corrected chi connectivity index (χ1v) is 6.29. The highest BCUT2D eigenvalue weighted by atomic mass is 79.9. The van der Waals surface area contributed by atoms with Gasteiger partial charge >= 0.3 is 0 Å². The predicted octanol–water partition coefficient (Wildman–Crippen LogP) is 2.28. The maximum atomic E-state index is 10.2. The summed E-state index contributed by atoms with van der Waals surface area (Å²) in [5.74, 6) is 0.435. The van der Waals surface area contributed by atoms with Crippen LogP contribution in [-0.4, -0.2) is 10.1 Å². The third kappa shape index (κ3) is 2.80. The molecule has 0 bridgehead atoms. The molecule has 0 saturated carbocycles. The summed E-state index contributed by atoms with van der Waals surface area (Å²) in [6.45, 7) is 0. The topological polar surface area (TPSA) is 85.2 Å². The number of benzene rings is 1. The highest BCUT2D eigenvalue weighted by molar-refractivity contribution is 9.10. The van der Waals surface area contributed by atoms with Gasteiger partial charge in [-0.05, 0) is 29.8 Å². The Morgan fingerprint density at radius 1 is 1.28 bits per heavy atom. The van der Waals surface area contributed by atoms with Crippen molar-refractivity contribution in [1.29, 1.82) is 0 Å². The Kier molecular flexibility index (Phi) is 3.84. The zero-order chi connectivity index (χ0) is 13.1. The van der Waals surface area contributed by atoms with E-state index in [0.29, 0.717) is 23.5 Å². The molecule has 94 valence electrons. The van der Waals surface area contributed by atoms with Gasteiger partial charge in [-0.15, -0.1) is 0 Å². The number of nitrogens with zero attached hydrogens (tertiary/aromatic N) is 1. The molecular formula is C13H14BrN3O. The Balaban J connectivity index is 2.25. The van der Waals surface area contributed by atoms with Crippen molar-refractivity contribution in [3.63, 3.8) is 0 Å². The van der Waals surface area contributed by atoms with E-state index in [2.05, 4.69) is 20.9 Å². The first kappa shape index (κ1) is 12.9. The molecule has 0 spiro atoms. The number of nitrogen functional groups attached to an aromatic ring is 2. The lowest BCUT2D eigenvalue weighted by molar-refractivity contribution is 0.179. The van der Waals surface area contributed by atoms with E-state index in [1.165, 1.54) is 0 Å². The second-order valence-corrected chi connectivity index (χ2v) is 4.96. The van der Waals surface area contributed by atoms with Gasteiger partial charge in [-0.1, -0.05) is 22.0 Å². The molecule has 5 heteroatoms. The van der Waals surface area contributed by atoms with E-state index < -0.39 is 6.10 Å². The van der Waals surface area contributed by atoms with Crippen LogP contribution in [0.2, 0.25) is 0 Å². The Morgan fingerprint density at radius 3 is 2.78 bits per heavy atom. The summed E-state index contributed by atoms with van der Waals surface area (Å²) in [6, 6.07) is 9.05. The molecule has 2 aromatic rings. The lowest BCUT2D eigenvalue weighted by Crippen LogP contribution is -2.07. The first-order chi connectivity index (χ1) is 8.58. The van der Waals surface area contributed by atoms with Crippen LogP contribution < -0.4 is 11.5 Å². The molecule has 18 heavy (non-hydrogen) atoms. The summed E-state index contributed by atoms with van der Waals surface area (Å²) < 4.78 is 0.880. The van der Waals surface area contributed by atoms with E-state index in [9.17, 15) is 5.11 Å². The van der Waals surface area contributed by atoms with E-state index in [0.717, 1.165) is 10.0 Å². The van der Waals surface area contributed by atoms with Crippen molar-refractivity contribution in [3.8, 4) is 0 Å². The molecule has 0 saturated heterocycles. The van der Waals surface area contributed by atoms with Gasteiger partial charge < -0.3 is 16.6 Å². The lowest BCUT2D eigenvalue weighted by atomic mass is 10.0. The highest BCUT2D eigenvalue weighted by Crippen LogP contribution is 2.27. The summed E-state index contributed by atoms with van der Waals surface area (Å²) in [5, 5.41) is 10.2. The average Bonchev–Trinajstić information content (AvgIpc) is 2.35. The van der Waals surface area contributed by atoms with Gasteiger partial charge in [0.25, 0.3) is 0 Å². The highest BCUT2D eigenvalue weighted by Gasteiger charge is 2.14. The van der Waals surface area contributed by atoms with Crippen molar-refractivity contribution in [2.75, 3.05) is 11.5 Å². The van der Waals surface area contributed by atoms with Crippen molar-refractivity contribution < 1.29 is 5.11 Å². The summed E-state index contributed by atoms with van der Waals surface area (Å²) >= 11 is 3.36. The van der Waals surface area contributed by atoms with Gasteiger partial charge in [0, 0.05) is 28.3 Å². The SMILES string of the molecule is Nc1ccc(Br)cc1C(O)Cc1cccnc1N. The van der Waals surface area contributed by atoms with Crippen molar-refractivity contribution in [2.24, 2.45) is 0 Å². The van der Waals surface area contributed by atoms with Gasteiger partial charge in [0.05, 0.1) is 6.10 Å². The number of aliphatic hydroxyl groups excluding tert-OH is 1. The summed E-state index contributed by atoms with van der Waals surface area (Å²) in [7, 11) is 0. The second kappa shape index (κ2) is 5.37. The minimum atomic E-state index is -0.700. The van der Waals surface area contributed by atoms with Crippen LogP contribution >= 0.6 is 15.9 Å². The molecule has 0 amide bonds. The maximum absolute atomic E-state index is 10.2. The van der Waals surface area contributed by atoms with E-state index in [-0.39, 0.29) is 0 Å². The lowest BCUT2D eigenvalue weighted by Gasteiger charge is -2.14. The van der Waals surface area contributed by atoms with Crippen molar-refractivity contribution in [1.82, 2.24) is 4.98 Å². The molecule has 2 rings (SSSR count). The smallest absolute Gasteiger partial charge is 0.126 e. The molecule has 0 aliphatic rings. The number of hydrogen-bond donors (Lipinski definition) is 3. The molecule has 5 N–H and O–H groups in total. The number of pyridine rings is 1. The average molecular weight is 308 g/mol. The molecule has 1 atom stereocenters. The number of rotatable bonds is 3. The first-order valence-electron chi connectivity index (χ1n) is 5.50. The Morgan fingerprint density at radius 2 is 2.06 bits per heavy atom. The molecule has 0 aliphatic carbocycles. The van der Waals surface area contributed by atoms with Crippen LogP contribution in [0.5, 0.6) is 0 Å². The van der Waals surface area contributed by atoms with Crippen LogP contribution in [0.4, 0.5) is 11.5 Å². The zero-order valence-corrected chi connectivity index (χ0v) is 11.3. The molecule has 1 heterocycles. The molecule has 1 unspecified atom stereocenters. The number of halogens is 1. The van der Waals surface area contributed by atoms with Crippen LogP contribution in [0.1, 0.15) is 17.2 Å². The van der Waals surface area contributed by atoms with Gasteiger partial charge in [0.2, 0.25) is 0 Å². The quantitative estimate of drug-likeness (QED) is 0.759. The molecule has 1 aromatic carbocycles. The summed E-state index contributed by atoms with van der Waals surface area (Å²) in [5.41, 5.74) is 13.7. The summed E-state index contributed by atoms with van der Waals surface area (Å²) in [6.07, 6.45) is 1.31. The second-order valence-electron chi connectivity index (χ2n) is 4.04. The Bertz CT molecular complexity index is 560. The van der Waals surface area contributed by atoms with E-state index in [4.69, 9.17) is 11.5 Å². The number of anilines is 2. The van der Waals surface area contributed by atoms with Crippen LogP contribution in [0.3, 0.4) is 0 Å². The third-order valence-corrected chi connectivity index (χ3v) is 3.24. The third-order valence-electron chi connectivity index (χ3n) is 2.75. The number of aromatic nitrogens is 1. The summed E-state index contributed by atoms with van der Waals surface area (Å²) in [4.78, 5) is 3.99. The molecule has 0 aliphatic heterocycles. The van der Waals surface area contributed by atoms with Crippen LogP contribution in [0, 0.1) is 0 Å². The van der Waals surface area contributed by atoms with Gasteiger partial charge in [-0.2, -0.15) is 0 Å². The van der Waals surface area contributed by atoms with Crippen molar-refractivity contribution >= 4 is 27.4 Å². The fourth-order valence-electron chi connectivity index (χ4n) is 1.78. The Hall–Kier alpha value is -1.59. The number of nitrogens with two attached hydrogens (primary N) is 2. The van der Waals surface area contributed by atoms with Crippen LogP contribution in [0.25, 0.3) is 0 Å². The van der Waals surface area contributed by atoms with Crippen LogP contribution in [0.15, 0.2) is 41.0 Å². The maximum Gasteiger partial charge on any atom is 0.126 e. The van der Waals surface area contributed by atoms with E-state index in [1.54, 1.807) is 18.3 Å². The molecule has 0 fully saturated rings. The van der Waals surface area contributed by atoms with Crippen molar-refractivity contribution in [3.05, 3.63) is 52.1 Å². The Labute approximate surface area is 114 Å². The largest absolute Gasteiger partial charge is 0.398 e. The molecule has 1 aromatic heterocycles. The fourth-order valence-corrected chi connectivity index (χ4v) is 2.15. The van der Waals surface area contributed by atoms with Gasteiger partial charge in [-0.3, -0.25) is 0 Å². The fraction of sp³-hybridized carbons (Fsp3) is 0.154. The number of hydrogen-bond acceptors (Lipinski definition) is 4. The van der Waals surface area contributed by atoms with Gasteiger partial charge in [0.15, 0.2) is 0 Å². The van der Waals surface area contributed by atoms with Crippen LogP contribution in [-0.2, 0) is 6.42 Å². The molecule has 4 nitrogen and oxygen atoms in total. The molecular weight excluding hydrogens is 294 g/mol. The van der Waals surface area contributed by atoms with Gasteiger partial charge in [0.1, 0.15) is 5.82 Å². The monoisotopic (exact) mass is 307 g/mol. The number of aliphatic hydroxyl groups is 1. The standard InChI is InChI=1S/C13H14BrN3O/c14-9-3-4-11(15)10(7-9)12(18)6-8-2-1-5-17-13(8)16/h1-5,7,12,18H,6,15H2,(H2,16,17). The minimum Gasteiger partial charge on any atom is -0.398 e. The zero-order valence-electron chi connectivity index (χ0n) is 9.68. The van der Waals surface area contributed by atoms with E-state index in [1.807, 2.05) is 18.2 Å². The minimum absolute atomic E-state index is 0.389. The molecule has 0 radical (unpaired) electrons. The van der Waals surface area contributed by atoms with E-state index >= 15 is 0 Å². The normalized spacial score (nSPS) is 12.3. The predicted molar refractivity (Wildman–Crippen MR) is 75.9 cm³/mol. The van der Waals surface area contributed by atoms with Crippen molar-refractivity contribution in [2.45, 2.75) is 12.5 Å².